The van der Waals surface area contributed by atoms with Gasteiger partial charge in [0, 0.05) is 12.0 Å². The molecule has 2 rings (SSSR count). The van der Waals surface area contributed by atoms with Crippen LogP contribution >= 0.6 is 45.5 Å². The largest absolute Gasteiger partial charge is 0.378 e. The summed E-state index contributed by atoms with van der Waals surface area (Å²) in [6.45, 7) is 2.50. The third-order valence-electron chi connectivity index (χ3n) is 2.12. The number of hydrogen-bond donors (Lipinski definition) is 0. The lowest BCUT2D eigenvalue weighted by Crippen LogP contribution is -2.01. The standard InChI is InChI=1S/C11H10ClIN2OS/c1-6-3-4-8(17-6)11-14-7(5-16-2)9(13)10(12)15-11/h3-4H,5H2,1-2H3. The van der Waals surface area contributed by atoms with Crippen molar-refractivity contribution in [3.63, 3.8) is 0 Å². The van der Waals surface area contributed by atoms with Crippen molar-refractivity contribution in [3.8, 4) is 10.7 Å². The molecule has 0 spiro atoms. The summed E-state index contributed by atoms with van der Waals surface area (Å²) in [7, 11) is 1.64. The lowest BCUT2D eigenvalue weighted by molar-refractivity contribution is 0.181. The summed E-state index contributed by atoms with van der Waals surface area (Å²) in [4.78, 5) is 11.0. The van der Waals surface area contributed by atoms with Gasteiger partial charge in [-0.25, -0.2) is 9.97 Å². The number of halogens is 2. The topological polar surface area (TPSA) is 35.0 Å². The molecular formula is C11H10ClIN2OS. The highest BCUT2D eigenvalue weighted by molar-refractivity contribution is 14.1. The zero-order chi connectivity index (χ0) is 12.4. The second-order valence-electron chi connectivity index (χ2n) is 3.44. The molecule has 0 aliphatic heterocycles. The fraction of sp³-hybridized carbons (Fsp3) is 0.273. The van der Waals surface area contributed by atoms with Crippen molar-refractivity contribution < 1.29 is 4.74 Å². The predicted octanol–water partition coefficient (Wildman–Crippen LogP) is 3.92. The highest BCUT2D eigenvalue weighted by atomic mass is 127. The minimum absolute atomic E-state index is 0.442. The van der Waals surface area contributed by atoms with Crippen LogP contribution in [0.15, 0.2) is 12.1 Å². The lowest BCUT2D eigenvalue weighted by atomic mass is 10.3. The van der Waals surface area contributed by atoms with Gasteiger partial charge in [-0.3, -0.25) is 0 Å². The Morgan fingerprint density at radius 2 is 2.18 bits per heavy atom. The molecule has 0 saturated heterocycles. The van der Waals surface area contributed by atoms with Crippen molar-refractivity contribution in [1.82, 2.24) is 9.97 Å². The first-order chi connectivity index (χ1) is 8.11. The quantitative estimate of drug-likeness (QED) is 0.598. The smallest absolute Gasteiger partial charge is 0.171 e. The summed E-state index contributed by atoms with van der Waals surface area (Å²) in [6.07, 6.45) is 0. The molecule has 0 N–H and O–H groups in total. The highest BCUT2D eigenvalue weighted by Gasteiger charge is 2.12. The van der Waals surface area contributed by atoms with Gasteiger partial charge in [-0.15, -0.1) is 11.3 Å². The van der Waals surface area contributed by atoms with E-state index in [4.69, 9.17) is 16.3 Å². The minimum atomic E-state index is 0.442. The van der Waals surface area contributed by atoms with Gasteiger partial charge in [0.1, 0.15) is 5.15 Å². The third-order valence-corrected chi connectivity index (χ3v) is 4.84. The first kappa shape index (κ1) is 13.2. The normalized spacial score (nSPS) is 10.8. The van der Waals surface area contributed by atoms with Gasteiger partial charge in [0.05, 0.1) is 20.7 Å². The molecule has 2 aromatic heterocycles. The van der Waals surface area contributed by atoms with Crippen LogP contribution in [0.25, 0.3) is 10.7 Å². The van der Waals surface area contributed by atoms with Crippen LogP contribution in [0.4, 0.5) is 0 Å². The average Bonchev–Trinajstić information content (AvgIpc) is 2.71. The molecule has 0 aliphatic carbocycles. The summed E-state index contributed by atoms with van der Waals surface area (Å²) in [6, 6.07) is 4.06. The van der Waals surface area contributed by atoms with Gasteiger partial charge in [-0.05, 0) is 41.6 Å². The van der Waals surface area contributed by atoms with E-state index in [9.17, 15) is 0 Å². The molecule has 0 aromatic carbocycles. The zero-order valence-electron chi connectivity index (χ0n) is 9.33. The molecule has 6 heteroatoms. The van der Waals surface area contributed by atoms with Crippen LogP contribution in [-0.4, -0.2) is 17.1 Å². The van der Waals surface area contributed by atoms with E-state index in [1.807, 2.05) is 12.1 Å². The third kappa shape index (κ3) is 2.96. The van der Waals surface area contributed by atoms with Crippen LogP contribution in [0.3, 0.4) is 0 Å². The van der Waals surface area contributed by atoms with E-state index >= 15 is 0 Å². The number of aromatic nitrogens is 2. The number of hydrogen-bond acceptors (Lipinski definition) is 4. The summed E-state index contributed by atoms with van der Waals surface area (Å²) in [5.74, 6) is 0.667. The molecule has 0 bridgehead atoms. The Kier molecular flexibility index (Phi) is 4.35. The summed E-state index contributed by atoms with van der Waals surface area (Å²) < 4.78 is 5.96. The van der Waals surface area contributed by atoms with Gasteiger partial charge in [0.2, 0.25) is 0 Å². The molecule has 90 valence electrons. The minimum Gasteiger partial charge on any atom is -0.378 e. The van der Waals surface area contributed by atoms with Gasteiger partial charge < -0.3 is 4.74 Å². The Balaban J connectivity index is 2.48. The fourth-order valence-corrected chi connectivity index (χ4v) is 2.75. The maximum Gasteiger partial charge on any atom is 0.171 e. The van der Waals surface area contributed by atoms with E-state index in [-0.39, 0.29) is 0 Å². The fourth-order valence-electron chi connectivity index (χ4n) is 1.36. The van der Waals surface area contributed by atoms with Gasteiger partial charge in [-0.2, -0.15) is 0 Å². The molecule has 0 saturated carbocycles. The highest BCUT2D eigenvalue weighted by Crippen LogP contribution is 2.28. The molecular weight excluding hydrogens is 371 g/mol. The van der Waals surface area contributed by atoms with E-state index in [0.717, 1.165) is 14.1 Å². The summed E-state index contributed by atoms with van der Waals surface area (Å²) >= 11 is 9.89. The molecule has 0 fully saturated rings. The molecule has 3 nitrogen and oxygen atoms in total. The maximum absolute atomic E-state index is 6.10. The van der Waals surface area contributed by atoms with Crippen LogP contribution in [-0.2, 0) is 11.3 Å². The molecule has 0 unspecified atom stereocenters. The van der Waals surface area contributed by atoms with Crippen molar-refractivity contribution in [2.75, 3.05) is 7.11 Å². The van der Waals surface area contributed by atoms with Crippen LogP contribution in [0.2, 0.25) is 5.15 Å². The number of rotatable bonds is 3. The molecule has 0 amide bonds. The van der Waals surface area contributed by atoms with Gasteiger partial charge >= 0.3 is 0 Å². The van der Waals surface area contributed by atoms with E-state index in [2.05, 4.69) is 39.5 Å². The first-order valence-electron chi connectivity index (χ1n) is 4.89. The van der Waals surface area contributed by atoms with Crippen molar-refractivity contribution in [1.29, 1.82) is 0 Å². The van der Waals surface area contributed by atoms with Crippen LogP contribution in [0, 0.1) is 10.5 Å². The molecule has 2 aromatic rings. The zero-order valence-corrected chi connectivity index (χ0v) is 13.1. The molecule has 2 heterocycles. The van der Waals surface area contributed by atoms with Crippen LogP contribution < -0.4 is 0 Å². The maximum atomic E-state index is 6.10. The number of aryl methyl sites for hydroxylation is 1. The number of thiophene rings is 1. The van der Waals surface area contributed by atoms with Gasteiger partial charge in [0.15, 0.2) is 5.82 Å². The predicted molar refractivity (Wildman–Crippen MR) is 78.5 cm³/mol. The molecule has 17 heavy (non-hydrogen) atoms. The van der Waals surface area contributed by atoms with Gasteiger partial charge in [0.25, 0.3) is 0 Å². The van der Waals surface area contributed by atoms with Crippen molar-refractivity contribution >= 4 is 45.5 Å². The monoisotopic (exact) mass is 380 g/mol. The Labute approximate surface area is 122 Å². The SMILES string of the molecule is COCc1nc(-c2ccc(C)s2)nc(Cl)c1I. The first-order valence-corrected chi connectivity index (χ1v) is 7.17. The summed E-state index contributed by atoms with van der Waals surface area (Å²) in [5, 5.41) is 0.480. The Morgan fingerprint density at radius 3 is 2.76 bits per heavy atom. The van der Waals surface area contributed by atoms with Crippen LogP contribution in [0.5, 0.6) is 0 Å². The van der Waals surface area contributed by atoms with Gasteiger partial charge in [-0.1, -0.05) is 11.6 Å². The molecule has 0 aliphatic rings. The Bertz CT molecular complexity index is 544. The van der Waals surface area contributed by atoms with Crippen molar-refractivity contribution in [3.05, 3.63) is 31.4 Å². The Morgan fingerprint density at radius 1 is 1.41 bits per heavy atom. The second-order valence-corrected chi connectivity index (χ2v) is 6.17. The number of ether oxygens (including phenoxy) is 1. The van der Waals surface area contributed by atoms with E-state index < -0.39 is 0 Å². The second kappa shape index (κ2) is 5.60. The number of nitrogens with zero attached hydrogens (tertiary/aromatic N) is 2. The lowest BCUT2D eigenvalue weighted by Gasteiger charge is -2.06. The Hall–Kier alpha value is -0.240. The van der Waals surface area contributed by atoms with E-state index in [1.54, 1.807) is 18.4 Å². The average molecular weight is 381 g/mol. The summed E-state index contributed by atoms with van der Waals surface area (Å²) in [5.41, 5.74) is 0.828. The van der Waals surface area contributed by atoms with Crippen molar-refractivity contribution in [2.24, 2.45) is 0 Å². The van der Waals surface area contributed by atoms with E-state index in [1.165, 1.54) is 4.88 Å². The van der Waals surface area contributed by atoms with Crippen LogP contribution in [0.1, 0.15) is 10.6 Å². The van der Waals surface area contributed by atoms with E-state index in [0.29, 0.717) is 17.6 Å². The number of methoxy groups -OCH3 is 1. The molecule has 0 radical (unpaired) electrons. The molecule has 0 atom stereocenters. The van der Waals surface area contributed by atoms with Crippen molar-refractivity contribution in [2.45, 2.75) is 13.5 Å².